The fraction of sp³-hybridized carbons (Fsp3) is 0.409. The number of nitrogens with one attached hydrogen (secondary N) is 1. The van der Waals surface area contributed by atoms with E-state index in [0.29, 0.717) is 31.0 Å². The molecule has 30 heavy (non-hydrogen) atoms. The van der Waals surface area contributed by atoms with Crippen molar-refractivity contribution in [1.82, 2.24) is 15.2 Å². The first kappa shape index (κ1) is 21.7. The summed E-state index contributed by atoms with van der Waals surface area (Å²) in [5.41, 5.74) is 1.65. The Morgan fingerprint density at radius 2 is 2.10 bits per heavy atom. The number of halogens is 1. The van der Waals surface area contributed by atoms with Crippen molar-refractivity contribution in [2.45, 2.75) is 38.8 Å². The standard InChI is InChI=1S/C22H26FN3O4/c23-18-5-4-9-24-19(18)14-26-13-17-11-16(12-22(28)29)6-7-20(17)30-10-3-1-2-8-25-21(27)15-26/h4-7,9,11H,1-3,8,10,12-15H2,(H,25,27)(H,28,29). The Hall–Kier alpha value is -3.00. The fourth-order valence-electron chi connectivity index (χ4n) is 3.41. The van der Waals surface area contributed by atoms with Crippen LogP contribution in [0.3, 0.4) is 0 Å². The van der Waals surface area contributed by atoms with Crippen LogP contribution < -0.4 is 10.1 Å². The van der Waals surface area contributed by atoms with Crippen molar-refractivity contribution in [2.75, 3.05) is 19.7 Å². The van der Waals surface area contributed by atoms with E-state index in [1.165, 1.54) is 18.3 Å². The third kappa shape index (κ3) is 6.52. The molecule has 1 aliphatic rings. The second-order valence-corrected chi connectivity index (χ2v) is 7.35. The van der Waals surface area contributed by atoms with E-state index in [2.05, 4.69) is 10.3 Å². The maximum atomic E-state index is 14.2. The van der Waals surface area contributed by atoms with Gasteiger partial charge in [0.25, 0.3) is 0 Å². The largest absolute Gasteiger partial charge is 0.493 e. The molecule has 0 spiro atoms. The highest BCUT2D eigenvalue weighted by molar-refractivity contribution is 5.78. The number of fused-ring (bicyclic) bond motifs is 1. The van der Waals surface area contributed by atoms with Crippen LogP contribution in [0.2, 0.25) is 0 Å². The van der Waals surface area contributed by atoms with Gasteiger partial charge in [0.05, 0.1) is 25.3 Å². The number of aromatic nitrogens is 1. The average Bonchev–Trinajstić information content (AvgIpc) is 2.70. The van der Waals surface area contributed by atoms with Gasteiger partial charge in [-0.25, -0.2) is 4.39 Å². The Bertz CT molecular complexity index is 890. The molecule has 160 valence electrons. The van der Waals surface area contributed by atoms with Gasteiger partial charge in [-0.3, -0.25) is 19.5 Å². The Labute approximate surface area is 174 Å². The summed E-state index contributed by atoms with van der Waals surface area (Å²) in [6.45, 7) is 1.63. The Balaban J connectivity index is 1.90. The van der Waals surface area contributed by atoms with Crippen LogP contribution >= 0.6 is 0 Å². The summed E-state index contributed by atoms with van der Waals surface area (Å²) in [7, 11) is 0. The van der Waals surface area contributed by atoms with E-state index < -0.39 is 11.8 Å². The molecule has 1 amide bonds. The topological polar surface area (TPSA) is 91.8 Å². The number of carboxylic acid groups (broad SMARTS) is 1. The Morgan fingerprint density at radius 1 is 1.23 bits per heavy atom. The number of pyridine rings is 1. The fourth-order valence-corrected chi connectivity index (χ4v) is 3.41. The number of hydrogen-bond donors (Lipinski definition) is 2. The second-order valence-electron chi connectivity index (χ2n) is 7.35. The van der Waals surface area contributed by atoms with Gasteiger partial charge in [0.1, 0.15) is 11.6 Å². The SMILES string of the molecule is O=C(O)Cc1ccc2c(c1)CN(Cc1ncccc1F)CC(=O)NCCCCCO2. The number of carboxylic acids is 1. The first-order chi connectivity index (χ1) is 14.5. The molecule has 2 heterocycles. The minimum Gasteiger partial charge on any atom is -0.493 e. The summed E-state index contributed by atoms with van der Waals surface area (Å²) >= 11 is 0. The number of nitrogens with zero attached hydrogens (tertiary/aromatic N) is 2. The number of rotatable bonds is 4. The highest BCUT2D eigenvalue weighted by Gasteiger charge is 2.18. The van der Waals surface area contributed by atoms with Crippen molar-refractivity contribution in [3.63, 3.8) is 0 Å². The molecule has 1 aromatic heterocycles. The lowest BCUT2D eigenvalue weighted by Gasteiger charge is -2.23. The lowest BCUT2D eigenvalue weighted by molar-refractivity contribution is -0.136. The van der Waals surface area contributed by atoms with Gasteiger partial charge in [-0.1, -0.05) is 12.1 Å². The van der Waals surface area contributed by atoms with Crippen molar-refractivity contribution in [2.24, 2.45) is 0 Å². The number of ether oxygens (including phenoxy) is 1. The van der Waals surface area contributed by atoms with E-state index in [1.807, 2.05) is 0 Å². The molecule has 1 aromatic carbocycles. The summed E-state index contributed by atoms with van der Waals surface area (Å²) < 4.78 is 20.1. The molecule has 0 saturated heterocycles. The molecule has 0 bridgehead atoms. The first-order valence-electron chi connectivity index (χ1n) is 10.1. The van der Waals surface area contributed by atoms with Crippen LogP contribution in [0, 0.1) is 5.82 Å². The quantitative estimate of drug-likeness (QED) is 0.797. The molecule has 1 aliphatic heterocycles. The molecule has 0 atom stereocenters. The number of benzene rings is 1. The Kier molecular flexibility index (Phi) is 7.73. The van der Waals surface area contributed by atoms with E-state index in [-0.39, 0.29) is 31.1 Å². The minimum absolute atomic E-state index is 0.0681. The molecule has 7 nitrogen and oxygen atoms in total. The van der Waals surface area contributed by atoms with Crippen LogP contribution in [-0.2, 0) is 29.1 Å². The maximum Gasteiger partial charge on any atom is 0.307 e. The number of amides is 1. The number of carbonyl (C=O) groups excluding carboxylic acids is 1. The smallest absolute Gasteiger partial charge is 0.307 e. The molecule has 2 aromatic rings. The van der Waals surface area contributed by atoms with Crippen molar-refractivity contribution >= 4 is 11.9 Å². The highest BCUT2D eigenvalue weighted by Crippen LogP contribution is 2.24. The Morgan fingerprint density at radius 3 is 2.90 bits per heavy atom. The molecular weight excluding hydrogens is 389 g/mol. The zero-order valence-electron chi connectivity index (χ0n) is 16.8. The third-order valence-electron chi connectivity index (χ3n) is 4.85. The third-order valence-corrected chi connectivity index (χ3v) is 4.85. The molecule has 0 radical (unpaired) electrons. The van der Waals surface area contributed by atoms with Gasteiger partial charge in [0, 0.05) is 31.4 Å². The lowest BCUT2D eigenvalue weighted by atomic mass is 10.1. The molecular formula is C22H26FN3O4. The summed E-state index contributed by atoms with van der Waals surface area (Å²) in [5, 5.41) is 12.0. The van der Waals surface area contributed by atoms with Gasteiger partial charge in [-0.2, -0.15) is 0 Å². The van der Waals surface area contributed by atoms with Gasteiger partial charge >= 0.3 is 5.97 Å². The zero-order valence-corrected chi connectivity index (χ0v) is 16.8. The van der Waals surface area contributed by atoms with Crippen molar-refractivity contribution < 1.29 is 23.8 Å². The van der Waals surface area contributed by atoms with Crippen molar-refractivity contribution in [1.29, 1.82) is 0 Å². The zero-order chi connectivity index (χ0) is 21.3. The average molecular weight is 415 g/mol. The van der Waals surface area contributed by atoms with E-state index in [1.54, 1.807) is 23.1 Å². The van der Waals surface area contributed by atoms with E-state index >= 15 is 0 Å². The van der Waals surface area contributed by atoms with Gasteiger partial charge < -0.3 is 15.2 Å². The van der Waals surface area contributed by atoms with E-state index in [4.69, 9.17) is 9.84 Å². The van der Waals surface area contributed by atoms with Crippen LogP contribution in [0.1, 0.15) is 36.1 Å². The molecule has 0 saturated carbocycles. The molecule has 3 rings (SSSR count). The van der Waals surface area contributed by atoms with Crippen LogP contribution in [0.15, 0.2) is 36.5 Å². The molecule has 0 fully saturated rings. The summed E-state index contributed by atoms with van der Waals surface area (Å²) in [6.07, 6.45) is 4.04. The van der Waals surface area contributed by atoms with Crippen LogP contribution in [0.5, 0.6) is 5.75 Å². The van der Waals surface area contributed by atoms with Gasteiger partial charge in [-0.05, 0) is 43.0 Å². The summed E-state index contributed by atoms with van der Waals surface area (Å²) in [5.74, 6) is -0.853. The molecule has 0 unspecified atom stereocenters. The van der Waals surface area contributed by atoms with E-state index in [9.17, 15) is 14.0 Å². The number of hydrogen-bond acceptors (Lipinski definition) is 5. The predicted molar refractivity (Wildman–Crippen MR) is 108 cm³/mol. The van der Waals surface area contributed by atoms with Gasteiger partial charge in [-0.15, -0.1) is 0 Å². The summed E-state index contributed by atoms with van der Waals surface area (Å²) in [6, 6.07) is 8.15. The monoisotopic (exact) mass is 415 g/mol. The van der Waals surface area contributed by atoms with Crippen molar-refractivity contribution in [3.8, 4) is 5.75 Å². The summed E-state index contributed by atoms with van der Waals surface area (Å²) in [4.78, 5) is 29.4. The predicted octanol–water partition coefficient (Wildman–Crippen LogP) is 2.53. The first-order valence-corrected chi connectivity index (χ1v) is 10.1. The van der Waals surface area contributed by atoms with Crippen LogP contribution in [0.4, 0.5) is 4.39 Å². The highest BCUT2D eigenvalue weighted by atomic mass is 19.1. The van der Waals surface area contributed by atoms with Crippen LogP contribution in [0.25, 0.3) is 0 Å². The molecule has 8 heteroatoms. The van der Waals surface area contributed by atoms with Crippen LogP contribution in [-0.4, -0.2) is 46.6 Å². The number of aliphatic carboxylic acids is 1. The molecule has 0 aliphatic carbocycles. The van der Waals surface area contributed by atoms with E-state index in [0.717, 1.165) is 24.8 Å². The minimum atomic E-state index is -0.924. The van der Waals surface area contributed by atoms with Crippen molar-refractivity contribution in [3.05, 3.63) is 59.2 Å². The van der Waals surface area contributed by atoms with Gasteiger partial charge in [0.15, 0.2) is 0 Å². The second kappa shape index (κ2) is 10.7. The molecule has 2 N–H and O–H groups in total. The normalized spacial score (nSPS) is 16.2. The van der Waals surface area contributed by atoms with Gasteiger partial charge in [0.2, 0.25) is 5.91 Å². The lowest BCUT2D eigenvalue weighted by Crippen LogP contribution is -2.37. The number of carbonyl (C=O) groups is 2. The maximum absolute atomic E-state index is 14.2.